The van der Waals surface area contributed by atoms with Crippen molar-refractivity contribution in [3.8, 4) is 0 Å². The first-order valence-electron chi connectivity index (χ1n) is 6.69. The van der Waals surface area contributed by atoms with Gasteiger partial charge in [-0.1, -0.05) is 6.92 Å². The van der Waals surface area contributed by atoms with Crippen molar-refractivity contribution in [1.29, 1.82) is 0 Å². The number of pyridine rings is 1. The Bertz CT molecular complexity index is 671. The average molecular weight is 274 g/mol. The lowest BCUT2D eigenvalue weighted by molar-refractivity contribution is -0.127. The Kier molecular flexibility index (Phi) is 3.01. The number of imidazole rings is 1. The van der Waals surface area contributed by atoms with Gasteiger partial charge in [-0.25, -0.2) is 9.78 Å². The molecule has 0 aromatic carbocycles. The number of aryl methyl sites for hydroxylation is 2. The lowest BCUT2D eigenvalue weighted by Crippen LogP contribution is -2.44. The summed E-state index contributed by atoms with van der Waals surface area (Å²) in [5, 5.41) is 0. The first-order valence-corrected chi connectivity index (χ1v) is 6.69. The number of aromatic nitrogens is 2. The normalized spacial score (nSPS) is 16.9. The van der Waals surface area contributed by atoms with Crippen molar-refractivity contribution in [2.75, 3.05) is 19.8 Å². The number of fused-ring (bicyclic) bond motifs is 1. The number of esters is 1. The molecule has 0 amide bonds. The molecule has 0 N–H and O–H groups in total. The highest BCUT2D eigenvalue weighted by molar-refractivity contribution is 5.90. The number of carbonyl (C=O) groups excluding carboxylic acids is 1. The fraction of sp³-hybridized carbons (Fsp3) is 0.467. The molecule has 2 aromatic rings. The minimum absolute atomic E-state index is 0.0410. The Morgan fingerprint density at radius 3 is 2.90 bits per heavy atom. The maximum absolute atomic E-state index is 12.3. The van der Waals surface area contributed by atoms with Gasteiger partial charge in [0, 0.05) is 11.6 Å². The van der Waals surface area contributed by atoms with Crippen LogP contribution in [0.4, 0.5) is 0 Å². The second-order valence-corrected chi connectivity index (χ2v) is 5.86. The molecule has 2 aromatic heterocycles. The van der Waals surface area contributed by atoms with Crippen LogP contribution < -0.4 is 0 Å². The van der Waals surface area contributed by atoms with Crippen molar-refractivity contribution in [1.82, 2.24) is 9.38 Å². The van der Waals surface area contributed by atoms with Crippen molar-refractivity contribution in [3.05, 3.63) is 35.3 Å². The van der Waals surface area contributed by atoms with E-state index in [1.54, 1.807) is 4.40 Å². The predicted octanol–water partition coefficient (Wildman–Crippen LogP) is 2.14. The van der Waals surface area contributed by atoms with Crippen molar-refractivity contribution in [3.63, 3.8) is 0 Å². The van der Waals surface area contributed by atoms with Gasteiger partial charge >= 0.3 is 5.97 Å². The zero-order valence-corrected chi connectivity index (χ0v) is 12.0. The van der Waals surface area contributed by atoms with Crippen LogP contribution in [0.3, 0.4) is 0 Å². The minimum Gasteiger partial charge on any atom is -0.460 e. The standard InChI is InChI=1S/C15H18N2O3/c1-10-4-5-17-12(6-10)16-11(2)13(17)14(18)20-9-15(3)7-19-8-15/h4-6H,7-9H2,1-3H3. The molecule has 3 rings (SSSR count). The molecule has 1 aliphatic heterocycles. The fourth-order valence-corrected chi connectivity index (χ4v) is 2.35. The molecule has 1 fully saturated rings. The van der Waals surface area contributed by atoms with Crippen LogP contribution in [-0.4, -0.2) is 35.2 Å². The van der Waals surface area contributed by atoms with Crippen molar-refractivity contribution in [2.24, 2.45) is 5.41 Å². The molecular weight excluding hydrogens is 256 g/mol. The largest absolute Gasteiger partial charge is 0.460 e. The summed E-state index contributed by atoms with van der Waals surface area (Å²) in [5.74, 6) is -0.327. The van der Waals surface area contributed by atoms with Gasteiger partial charge in [-0.05, 0) is 31.5 Å². The third kappa shape index (κ3) is 2.18. The van der Waals surface area contributed by atoms with E-state index in [2.05, 4.69) is 11.9 Å². The Hall–Kier alpha value is -1.88. The molecule has 1 aliphatic rings. The summed E-state index contributed by atoms with van der Waals surface area (Å²) in [6.45, 7) is 7.54. The van der Waals surface area contributed by atoms with Crippen LogP contribution in [-0.2, 0) is 9.47 Å². The molecule has 5 heteroatoms. The third-order valence-corrected chi connectivity index (χ3v) is 3.60. The summed E-state index contributed by atoms with van der Waals surface area (Å²) in [6.07, 6.45) is 1.86. The number of hydrogen-bond acceptors (Lipinski definition) is 4. The molecule has 0 bridgehead atoms. The lowest BCUT2D eigenvalue weighted by atomic mass is 9.90. The van der Waals surface area contributed by atoms with Crippen molar-refractivity contribution < 1.29 is 14.3 Å². The number of hydrogen-bond donors (Lipinski definition) is 0. The van der Waals surface area contributed by atoms with E-state index >= 15 is 0 Å². The molecule has 3 heterocycles. The second kappa shape index (κ2) is 4.59. The highest BCUT2D eigenvalue weighted by Crippen LogP contribution is 2.27. The van der Waals surface area contributed by atoms with Gasteiger partial charge in [-0.15, -0.1) is 0 Å². The Morgan fingerprint density at radius 1 is 1.50 bits per heavy atom. The van der Waals surface area contributed by atoms with Crippen LogP contribution in [0.15, 0.2) is 18.3 Å². The number of carbonyl (C=O) groups is 1. The molecule has 0 aliphatic carbocycles. The smallest absolute Gasteiger partial charge is 0.357 e. The number of rotatable bonds is 3. The van der Waals surface area contributed by atoms with Crippen LogP contribution in [0.25, 0.3) is 5.65 Å². The molecule has 1 saturated heterocycles. The molecule has 5 nitrogen and oxygen atoms in total. The summed E-state index contributed by atoms with van der Waals surface area (Å²) in [6, 6.07) is 3.90. The first-order chi connectivity index (χ1) is 9.48. The SMILES string of the molecule is Cc1ccn2c(C(=O)OCC3(C)COC3)c(C)nc2c1. The van der Waals surface area contributed by atoms with Crippen molar-refractivity contribution >= 4 is 11.6 Å². The Balaban J connectivity index is 1.85. The molecule has 0 unspecified atom stereocenters. The van der Waals surface area contributed by atoms with Gasteiger partial charge in [0.15, 0.2) is 5.69 Å². The molecule has 0 radical (unpaired) electrons. The van der Waals surface area contributed by atoms with Gasteiger partial charge in [-0.3, -0.25) is 4.40 Å². The highest BCUT2D eigenvalue weighted by atomic mass is 16.5. The number of nitrogens with zero attached hydrogens (tertiary/aromatic N) is 2. The summed E-state index contributed by atoms with van der Waals surface area (Å²) >= 11 is 0. The van der Waals surface area contributed by atoms with E-state index in [9.17, 15) is 4.79 Å². The van der Waals surface area contributed by atoms with Crippen LogP contribution in [0.5, 0.6) is 0 Å². The third-order valence-electron chi connectivity index (χ3n) is 3.60. The van der Waals surface area contributed by atoms with E-state index in [0.717, 1.165) is 11.2 Å². The van der Waals surface area contributed by atoms with Gasteiger partial charge in [-0.2, -0.15) is 0 Å². The number of ether oxygens (including phenoxy) is 2. The van der Waals surface area contributed by atoms with E-state index in [4.69, 9.17) is 9.47 Å². The van der Waals surface area contributed by atoms with Crippen LogP contribution in [0.2, 0.25) is 0 Å². The van der Waals surface area contributed by atoms with Gasteiger partial charge in [0.1, 0.15) is 12.3 Å². The Labute approximate surface area is 117 Å². The Morgan fingerprint density at radius 2 is 2.25 bits per heavy atom. The highest BCUT2D eigenvalue weighted by Gasteiger charge is 2.35. The molecule has 106 valence electrons. The maximum Gasteiger partial charge on any atom is 0.357 e. The molecule has 20 heavy (non-hydrogen) atoms. The lowest BCUT2D eigenvalue weighted by Gasteiger charge is -2.37. The molecular formula is C15H18N2O3. The first kappa shape index (κ1) is 13.1. The topological polar surface area (TPSA) is 52.8 Å². The van der Waals surface area contributed by atoms with Crippen LogP contribution in [0.1, 0.15) is 28.7 Å². The zero-order valence-electron chi connectivity index (χ0n) is 12.0. The summed E-state index contributed by atoms with van der Waals surface area (Å²) in [5.41, 5.74) is 3.04. The van der Waals surface area contributed by atoms with Crippen LogP contribution in [0, 0.1) is 19.3 Å². The minimum atomic E-state index is -0.327. The quantitative estimate of drug-likeness (QED) is 0.805. The molecule has 0 atom stereocenters. The summed E-state index contributed by atoms with van der Waals surface area (Å²) < 4.78 is 12.4. The van der Waals surface area contributed by atoms with E-state index < -0.39 is 0 Å². The van der Waals surface area contributed by atoms with E-state index in [0.29, 0.717) is 31.2 Å². The van der Waals surface area contributed by atoms with Gasteiger partial charge in [0.05, 0.1) is 18.9 Å². The molecule has 0 spiro atoms. The second-order valence-electron chi connectivity index (χ2n) is 5.86. The van der Waals surface area contributed by atoms with Crippen LogP contribution >= 0.6 is 0 Å². The van der Waals surface area contributed by atoms with E-state index in [1.165, 1.54) is 0 Å². The zero-order chi connectivity index (χ0) is 14.3. The summed E-state index contributed by atoms with van der Waals surface area (Å²) in [4.78, 5) is 16.7. The van der Waals surface area contributed by atoms with Gasteiger partial charge < -0.3 is 9.47 Å². The van der Waals surface area contributed by atoms with Gasteiger partial charge in [0.2, 0.25) is 0 Å². The maximum atomic E-state index is 12.3. The van der Waals surface area contributed by atoms with E-state index in [1.807, 2.05) is 32.2 Å². The average Bonchev–Trinajstić information content (AvgIpc) is 2.68. The van der Waals surface area contributed by atoms with Gasteiger partial charge in [0.25, 0.3) is 0 Å². The van der Waals surface area contributed by atoms with Crippen molar-refractivity contribution in [2.45, 2.75) is 20.8 Å². The van der Waals surface area contributed by atoms with E-state index in [-0.39, 0.29) is 11.4 Å². The monoisotopic (exact) mass is 274 g/mol. The molecule has 0 saturated carbocycles. The summed E-state index contributed by atoms with van der Waals surface area (Å²) in [7, 11) is 0. The predicted molar refractivity (Wildman–Crippen MR) is 73.9 cm³/mol. The fourth-order valence-electron chi connectivity index (χ4n) is 2.35.